The lowest BCUT2D eigenvalue weighted by atomic mass is 10.2. The summed E-state index contributed by atoms with van der Waals surface area (Å²) in [4.78, 5) is 12.7. The van der Waals surface area contributed by atoms with Crippen molar-refractivity contribution in [3.8, 4) is 5.75 Å². The van der Waals surface area contributed by atoms with Crippen LogP contribution in [0.5, 0.6) is 5.75 Å². The average Bonchev–Trinajstić information content (AvgIpc) is 2.45. The van der Waals surface area contributed by atoms with E-state index in [9.17, 15) is 9.90 Å². The number of esters is 1. The van der Waals surface area contributed by atoms with Crippen LogP contribution in [0, 0.1) is 0 Å². The van der Waals surface area contributed by atoms with Gasteiger partial charge in [-0.25, -0.2) is 0 Å². The summed E-state index contributed by atoms with van der Waals surface area (Å²) in [6.45, 7) is 1.11. The number of aliphatic hydroxyl groups excluding tert-OH is 1. The SMILES string of the molecule is COC(=O)CN(C)CC(O)COc1ccc(CN)cc1. The Morgan fingerprint density at radius 3 is 2.60 bits per heavy atom. The summed E-state index contributed by atoms with van der Waals surface area (Å²) in [5.74, 6) is 0.342. The number of carbonyl (C=O) groups is 1. The van der Waals surface area contributed by atoms with E-state index in [1.54, 1.807) is 11.9 Å². The number of nitrogens with zero attached hydrogens (tertiary/aromatic N) is 1. The van der Waals surface area contributed by atoms with Gasteiger partial charge in [-0.3, -0.25) is 9.69 Å². The summed E-state index contributed by atoms with van der Waals surface area (Å²) < 4.78 is 10.0. The third kappa shape index (κ3) is 6.01. The van der Waals surface area contributed by atoms with Crippen molar-refractivity contribution in [1.29, 1.82) is 0 Å². The highest BCUT2D eigenvalue weighted by Gasteiger charge is 2.12. The first-order chi connectivity index (χ1) is 9.55. The number of likely N-dealkylation sites (N-methyl/N-ethyl adjacent to an activating group) is 1. The molecule has 0 heterocycles. The molecule has 0 aliphatic heterocycles. The van der Waals surface area contributed by atoms with Crippen LogP contribution in [0.15, 0.2) is 24.3 Å². The lowest BCUT2D eigenvalue weighted by Gasteiger charge is -2.19. The molecule has 20 heavy (non-hydrogen) atoms. The Balaban J connectivity index is 2.31. The predicted molar refractivity (Wildman–Crippen MR) is 75.3 cm³/mol. The fraction of sp³-hybridized carbons (Fsp3) is 0.500. The third-order valence-corrected chi connectivity index (χ3v) is 2.75. The van der Waals surface area contributed by atoms with Gasteiger partial charge in [-0.1, -0.05) is 12.1 Å². The van der Waals surface area contributed by atoms with Gasteiger partial charge in [0.05, 0.1) is 13.7 Å². The average molecular weight is 282 g/mol. The molecule has 0 fully saturated rings. The minimum Gasteiger partial charge on any atom is -0.491 e. The van der Waals surface area contributed by atoms with Crippen molar-refractivity contribution in [1.82, 2.24) is 4.90 Å². The summed E-state index contributed by atoms with van der Waals surface area (Å²) in [6.07, 6.45) is -0.682. The van der Waals surface area contributed by atoms with Crippen LogP contribution in [-0.2, 0) is 16.1 Å². The fourth-order valence-corrected chi connectivity index (χ4v) is 1.68. The first-order valence-corrected chi connectivity index (χ1v) is 6.40. The van der Waals surface area contributed by atoms with E-state index in [0.717, 1.165) is 5.56 Å². The van der Waals surface area contributed by atoms with Gasteiger partial charge in [0.15, 0.2) is 0 Å². The van der Waals surface area contributed by atoms with Crippen LogP contribution >= 0.6 is 0 Å². The van der Waals surface area contributed by atoms with Gasteiger partial charge < -0.3 is 20.3 Å². The molecule has 0 amide bonds. The van der Waals surface area contributed by atoms with Crippen molar-refractivity contribution in [2.75, 3.05) is 33.9 Å². The molecule has 0 aliphatic carbocycles. The van der Waals surface area contributed by atoms with Crippen LogP contribution < -0.4 is 10.5 Å². The lowest BCUT2D eigenvalue weighted by Crippen LogP contribution is -2.36. The molecule has 0 spiro atoms. The van der Waals surface area contributed by atoms with Crippen LogP contribution in [0.1, 0.15) is 5.56 Å². The Hall–Kier alpha value is -1.63. The third-order valence-electron chi connectivity index (χ3n) is 2.75. The number of nitrogens with two attached hydrogens (primary N) is 1. The Morgan fingerprint density at radius 1 is 1.40 bits per heavy atom. The Kier molecular flexibility index (Phi) is 7.00. The topological polar surface area (TPSA) is 85.0 Å². The molecule has 1 atom stereocenters. The molecule has 6 heteroatoms. The normalized spacial score (nSPS) is 12.2. The maximum absolute atomic E-state index is 11.1. The predicted octanol–water partition coefficient (Wildman–Crippen LogP) is -0.0102. The second kappa shape index (κ2) is 8.52. The van der Waals surface area contributed by atoms with Gasteiger partial charge in [-0.05, 0) is 24.7 Å². The molecular formula is C14H22N2O4. The molecule has 1 aromatic carbocycles. The van der Waals surface area contributed by atoms with Crippen molar-refractivity contribution in [2.45, 2.75) is 12.6 Å². The number of hydrogen-bond donors (Lipinski definition) is 2. The Labute approximate surface area is 119 Å². The molecule has 6 nitrogen and oxygen atoms in total. The first kappa shape index (κ1) is 16.4. The van der Waals surface area contributed by atoms with E-state index >= 15 is 0 Å². The van der Waals surface area contributed by atoms with Crippen LogP contribution in [0.4, 0.5) is 0 Å². The lowest BCUT2D eigenvalue weighted by molar-refractivity contribution is -0.141. The molecule has 112 valence electrons. The maximum Gasteiger partial charge on any atom is 0.319 e. The summed E-state index contributed by atoms with van der Waals surface area (Å²) in [5, 5.41) is 9.83. The van der Waals surface area contributed by atoms with Gasteiger partial charge in [0.1, 0.15) is 18.5 Å². The van der Waals surface area contributed by atoms with Gasteiger partial charge in [0.25, 0.3) is 0 Å². The molecule has 0 radical (unpaired) electrons. The minimum absolute atomic E-state index is 0.138. The van der Waals surface area contributed by atoms with Gasteiger partial charge in [-0.2, -0.15) is 0 Å². The molecule has 1 rings (SSSR count). The zero-order valence-electron chi connectivity index (χ0n) is 11.9. The number of benzene rings is 1. The van der Waals surface area contributed by atoms with Crippen LogP contribution in [0.25, 0.3) is 0 Å². The van der Waals surface area contributed by atoms with E-state index in [4.69, 9.17) is 10.5 Å². The van der Waals surface area contributed by atoms with Gasteiger partial charge in [0.2, 0.25) is 0 Å². The molecule has 1 unspecified atom stereocenters. The van der Waals surface area contributed by atoms with Crippen LogP contribution in [0.2, 0.25) is 0 Å². The summed E-state index contributed by atoms with van der Waals surface area (Å²) in [5.41, 5.74) is 6.53. The van der Waals surface area contributed by atoms with E-state index in [1.807, 2.05) is 24.3 Å². The smallest absolute Gasteiger partial charge is 0.319 e. The zero-order valence-corrected chi connectivity index (χ0v) is 11.9. The molecule has 0 aromatic heterocycles. The largest absolute Gasteiger partial charge is 0.491 e. The molecule has 0 bridgehead atoms. The van der Waals surface area contributed by atoms with Crippen LogP contribution in [0.3, 0.4) is 0 Å². The van der Waals surface area contributed by atoms with Crippen molar-refractivity contribution in [2.24, 2.45) is 5.73 Å². The fourth-order valence-electron chi connectivity index (χ4n) is 1.68. The number of hydrogen-bond acceptors (Lipinski definition) is 6. The standard InChI is InChI=1S/C14H22N2O4/c1-16(9-14(18)19-2)8-12(17)10-20-13-5-3-11(7-15)4-6-13/h3-6,12,17H,7-10,15H2,1-2H3. The number of rotatable bonds is 8. The minimum atomic E-state index is -0.682. The van der Waals surface area contributed by atoms with E-state index < -0.39 is 6.10 Å². The number of aliphatic hydroxyl groups is 1. The van der Waals surface area contributed by atoms with Gasteiger partial charge in [0, 0.05) is 13.1 Å². The molecule has 3 N–H and O–H groups in total. The summed E-state index contributed by atoms with van der Waals surface area (Å²) in [6, 6.07) is 7.39. The Bertz CT molecular complexity index is 408. The van der Waals surface area contributed by atoms with Gasteiger partial charge in [-0.15, -0.1) is 0 Å². The zero-order chi connectivity index (χ0) is 15.0. The maximum atomic E-state index is 11.1. The van der Waals surface area contributed by atoms with E-state index in [0.29, 0.717) is 18.8 Å². The number of ether oxygens (including phenoxy) is 2. The number of carbonyl (C=O) groups excluding carboxylic acids is 1. The molecule has 0 saturated carbocycles. The highest BCUT2D eigenvalue weighted by atomic mass is 16.5. The molecule has 0 aliphatic rings. The van der Waals surface area contributed by atoms with E-state index in [2.05, 4.69) is 4.74 Å². The molecule has 1 aromatic rings. The Morgan fingerprint density at radius 2 is 2.05 bits per heavy atom. The highest BCUT2D eigenvalue weighted by molar-refractivity contribution is 5.71. The highest BCUT2D eigenvalue weighted by Crippen LogP contribution is 2.12. The first-order valence-electron chi connectivity index (χ1n) is 6.40. The van der Waals surface area contributed by atoms with Crippen molar-refractivity contribution < 1.29 is 19.4 Å². The van der Waals surface area contributed by atoms with Crippen molar-refractivity contribution in [3.05, 3.63) is 29.8 Å². The quantitative estimate of drug-likeness (QED) is 0.652. The number of methoxy groups -OCH3 is 1. The summed E-state index contributed by atoms with van der Waals surface area (Å²) >= 11 is 0. The van der Waals surface area contributed by atoms with Crippen LogP contribution in [-0.4, -0.2) is 55.9 Å². The summed E-state index contributed by atoms with van der Waals surface area (Å²) in [7, 11) is 3.07. The monoisotopic (exact) mass is 282 g/mol. The van der Waals surface area contributed by atoms with Crippen molar-refractivity contribution >= 4 is 5.97 Å². The van der Waals surface area contributed by atoms with Crippen molar-refractivity contribution in [3.63, 3.8) is 0 Å². The van der Waals surface area contributed by atoms with E-state index in [-0.39, 0.29) is 19.1 Å². The molecular weight excluding hydrogens is 260 g/mol. The van der Waals surface area contributed by atoms with E-state index in [1.165, 1.54) is 7.11 Å². The van der Waals surface area contributed by atoms with Gasteiger partial charge >= 0.3 is 5.97 Å². The molecule has 0 saturated heterocycles. The second-order valence-electron chi connectivity index (χ2n) is 4.59. The second-order valence-corrected chi connectivity index (χ2v) is 4.59.